The van der Waals surface area contributed by atoms with Crippen molar-refractivity contribution >= 4 is 34.2 Å². The summed E-state index contributed by atoms with van der Waals surface area (Å²) in [6, 6.07) is 12.9. The molecule has 0 saturated heterocycles. The zero-order chi connectivity index (χ0) is 14.3. The molecule has 2 aromatic carbocycles. The summed E-state index contributed by atoms with van der Waals surface area (Å²) in [4.78, 5) is 4.58. The summed E-state index contributed by atoms with van der Waals surface area (Å²) < 4.78 is 1.93. The van der Waals surface area contributed by atoms with Gasteiger partial charge in [-0.25, -0.2) is 4.98 Å². The molecule has 0 spiro atoms. The predicted octanol–water partition coefficient (Wildman–Crippen LogP) is 4.42. The van der Waals surface area contributed by atoms with E-state index in [9.17, 15) is 0 Å². The molecule has 0 N–H and O–H groups in total. The Morgan fingerprint density at radius 2 is 1.80 bits per heavy atom. The normalized spacial score (nSPS) is 10.7. The summed E-state index contributed by atoms with van der Waals surface area (Å²) in [5.41, 5.74) is 3.18. The number of nitrogens with zero attached hydrogens (tertiary/aromatic N) is 3. The molecule has 0 aliphatic rings. The number of halogens is 2. The van der Waals surface area contributed by atoms with Crippen LogP contribution in [0.4, 0.5) is 0 Å². The van der Waals surface area contributed by atoms with Crippen LogP contribution in [0, 0.1) is 11.3 Å². The molecule has 3 aromatic rings. The van der Waals surface area contributed by atoms with Crippen LogP contribution in [0.3, 0.4) is 0 Å². The molecule has 3 nitrogen and oxygen atoms in total. The van der Waals surface area contributed by atoms with E-state index in [0.717, 1.165) is 22.4 Å². The molecule has 0 aliphatic carbocycles. The molecule has 0 atom stereocenters. The molecule has 1 heterocycles. The topological polar surface area (TPSA) is 41.6 Å². The first-order valence-electron chi connectivity index (χ1n) is 5.91. The van der Waals surface area contributed by atoms with E-state index in [4.69, 9.17) is 28.5 Å². The Bertz CT molecular complexity index is 839. The number of fused-ring (bicyclic) bond motifs is 1. The number of imidazole rings is 1. The van der Waals surface area contributed by atoms with Crippen molar-refractivity contribution in [3.63, 3.8) is 0 Å². The fourth-order valence-corrected chi connectivity index (χ4v) is 2.73. The standard InChI is InChI=1S/C15H9Cl2N3/c1-20-14-4-9(8-18)2-3-13(14)19-15(20)10-5-11(16)7-12(17)6-10/h2-7H,1H3. The van der Waals surface area contributed by atoms with Crippen molar-refractivity contribution in [3.8, 4) is 17.5 Å². The van der Waals surface area contributed by atoms with Crippen molar-refractivity contribution in [2.75, 3.05) is 0 Å². The number of aromatic nitrogens is 2. The minimum atomic E-state index is 0.567. The number of hydrogen-bond donors (Lipinski definition) is 0. The van der Waals surface area contributed by atoms with Gasteiger partial charge in [0.25, 0.3) is 0 Å². The zero-order valence-electron chi connectivity index (χ0n) is 10.6. The Hall–Kier alpha value is -2.02. The van der Waals surface area contributed by atoms with E-state index in [2.05, 4.69) is 11.1 Å². The van der Waals surface area contributed by atoms with E-state index in [-0.39, 0.29) is 0 Å². The van der Waals surface area contributed by atoms with Crippen molar-refractivity contribution in [2.45, 2.75) is 0 Å². The van der Waals surface area contributed by atoms with Crippen molar-refractivity contribution in [2.24, 2.45) is 7.05 Å². The van der Waals surface area contributed by atoms with Crippen molar-refractivity contribution in [3.05, 3.63) is 52.0 Å². The highest BCUT2D eigenvalue weighted by atomic mass is 35.5. The molecule has 0 fully saturated rings. The molecule has 20 heavy (non-hydrogen) atoms. The largest absolute Gasteiger partial charge is 0.327 e. The molecule has 0 bridgehead atoms. The second-order valence-corrected chi connectivity index (χ2v) is 5.34. The SMILES string of the molecule is Cn1c(-c2cc(Cl)cc(Cl)c2)nc2ccc(C#N)cc21. The van der Waals surface area contributed by atoms with Gasteiger partial charge in [-0.3, -0.25) is 0 Å². The number of benzene rings is 2. The minimum Gasteiger partial charge on any atom is -0.327 e. The molecular weight excluding hydrogens is 293 g/mol. The summed E-state index contributed by atoms with van der Waals surface area (Å²) >= 11 is 12.1. The Balaban J connectivity index is 2.27. The molecule has 1 aromatic heterocycles. The van der Waals surface area contributed by atoms with Crippen molar-refractivity contribution in [1.29, 1.82) is 5.26 Å². The maximum Gasteiger partial charge on any atom is 0.140 e. The van der Waals surface area contributed by atoms with Crippen LogP contribution >= 0.6 is 23.2 Å². The van der Waals surface area contributed by atoms with Gasteiger partial charge in [0.05, 0.1) is 22.7 Å². The third-order valence-corrected chi connectivity index (χ3v) is 3.57. The second kappa shape index (κ2) is 4.82. The number of rotatable bonds is 1. The maximum atomic E-state index is 8.97. The van der Waals surface area contributed by atoms with Crippen LogP contribution in [0.15, 0.2) is 36.4 Å². The number of hydrogen-bond acceptors (Lipinski definition) is 2. The number of aryl methyl sites for hydroxylation is 1. The third kappa shape index (κ3) is 2.14. The lowest BCUT2D eigenvalue weighted by atomic mass is 10.2. The third-order valence-electron chi connectivity index (χ3n) is 3.13. The first kappa shape index (κ1) is 13.0. The average molecular weight is 302 g/mol. The van der Waals surface area contributed by atoms with Gasteiger partial charge in [0, 0.05) is 22.7 Å². The molecule has 0 unspecified atom stereocenters. The molecule has 0 saturated carbocycles. The monoisotopic (exact) mass is 301 g/mol. The molecule has 5 heteroatoms. The van der Waals surface area contributed by atoms with Gasteiger partial charge in [0.1, 0.15) is 5.82 Å². The van der Waals surface area contributed by atoms with Crippen LogP contribution in [-0.4, -0.2) is 9.55 Å². The fourth-order valence-electron chi connectivity index (χ4n) is 2.20. The van der Waals surface area contributed by atoms with E-state index in [1.54, 1.807) is 12.1 Å². The lowest BCUT2D eigenvalue weighted by molar-refractivity contribution is 0.959. The van der Waals surface area contributed by atoms with Gasteiger partial charge >= 0.3 is 0 Å². The van der Waals surface area contributed by atoms with Gasteiger partial charge in [-0.15, -0.1) is 0 Å². The van der Waals surface area contributed by atoms with Gasteiger partial charge in [-0.2, -0.15) is 5.26 Å². The van der Waals surface area contributed by atoms with Gasteiger partial charge in [0.15, 0.2) is 0 Å². The summed E-state index contributed by atoms with van der Waals surface area (Å²) in [7, 11) is 1.90. The second-order valence-electron chi connectivity index (χ2n) is 4.47. The summed E-state index contributed by atoms with van der Waals surface area (Å²) in [6.45, 7) is 0. The molecule has 98 valence electrons. The Morgan fingerprint density at radius 3 is 2.45 bits per heavy atom. The summed E-state index contributed by atoms with van der Waals surface area (Å²) in [5, 5.41) is 10.1. The molecule has 0 amide bonds. The Morgan fingerprint density at radius 1 is 1.10 bits per heavy atom. The molecule has 0 radical (unpaired) electrons. The van der Waals surface area contributed by atoms with Crippen LogP contribution in [0.2, 0.25) is 10.0 Å². The Kier molecular flexibility index (Phi) is 3.13. The fraction of sp³-hybridized carbons (Fsp3) is 0.0667. The number of nitriles is 1. The van der Waals surface area contributed by atoms with E-state index in [0.29, 0.717) is 15.6 Å². The summed E-state index contributed by atoms with van der Waals surface area (Å²) in [5.74, 6) is 0.763. The highest BCUT2D eigenvalue weighted by molar-refractivity contribution is 6.35. The minimum absolute atomic E-state index is 0.567. The quantitative estimate of drug-likeness (QED) is 0.667. The lowest BCUT2D eigenvalue weighted by Crippen LogP contribution is -1.92. The maximum absolute atomic E-state index is 8.97. The first-order chi connectivity index (χ1) is 9.58. The van der Waals surface area contributed by atoms with Crippen molar-refractivity contribution in [1.82, 2.24) is 9.55 Å². The van der Waals surface area contributed by atoms with Gasteiger partial charge < -0.3 is 4.57 Å². The molecule has 0 aliphatic heterocycles. The average Bonchev–Trinajstić information content (AvgIpc) is 2.74. The van der Waals surface area contributed by atoms with Crippen LogP contribution in [-0.2, 0) is 7.05 Å². The van der Waals surface area contributed by atoms with Gasteiger partial charge in [-0.1, -0.05) is 23.2 Å². The van der Waals surface area contributed by atoms with Gasteiger partial charge in [-0.05, 0) is 36.4 Å². The zero-order valence-corrected chi connectivity index (χ0v) is 12.1. The van der Waals surface area contributed by atoms with E-state index in [1.807, 2.05) is 35.9 Å². The van der Waals surface area contributed by atoms with E-state index >= 15 is 0 Å². The molecule has 3 rings (SSSR count). The lowest BCUT2D eigenvalue weighted by Gasteiger charge is -2.04. The highest BCUT2D eigenvalue weighted by Gasteiger charge is 2.11. The van der Waals surface area contributed by atoms with Crippen LogP contribution in [0.5, 0.6) is 0 Å². The van der Waals surface area contributed by atoms with Crippen molar-refractivity contribution < 1.29 is 0 Å². The first-order valence-corrected chi connectivity index (χ1v) is 6.67. The smallest absolute Gasteiger partial charge is 0.140 e. The summed E-state index contributed by atoms with van der Waals surface area (Å²) in [6.07, 6.45) is 0. The van der Waals surface area contributed by atoms with Crippen LogP contribution in [0.1, 0.15) is 5.56 Å². The highest BCUT2D eigenvalue weighted by Crippen LogP contribution is 2.29. The van der Waals surface area contributed by atoms with Gasteiger partial charge in [0.2, 0.25) is 0 Å². The van der Waals surface area contributed by atoms with E-state index < -0.39 is 0 Å². The molecular formula is C15H9Cl2N3. The Labute approximate surface area is 126 Å². The van der Waals surface area contributed by atoms with E-state index in [1.165, 1.54) is 0 Å². The van der Waals surface area contributed by atoms with Crippen LogP contribution in [0.25, 0.3) is 22.4 Å². The predicted molar refractivity (Wildman–Crippen MR) is 80.9 cm³/mol. The van der Waals surface area contributed by atoms with Crippen LogP contribution < -0.4 is 0 Å².